The molecule has 0 bridgehead atoms. The molecule has 9 nitrogen and oxygen atoms in total. The lowest BCUT2D eigenvalue weighted by atomic mass is 10.1. The highest BCUT2D eigenvalue weighted by molar-refractivity contribution is 5.92. The number of amides is 2. The zero-order chi connectivity index (χ0) is 20.5. The van der Waals surface area contributed by atoms with Crippen LogP contribution in [0.25, 0.3) is 0 Å². The van der Waals surface area contributed by atoms with Crippen LogP contribution < -0.4 is 10.9 Å². The van der Waals surface area contributed by atoms with Gasteiger partial charge in [0.15, 0.2) is 0 Å². The maximum atomic E-state index is 12.5. The molecule has 9 heteroatoms. The van der Waals surface area contributed by atoms with Crippen LogP contribution in [0.2, 0.25) is 0 Å². The zero-order valence-corrected chi connectivity index (χ0v) is 17.0. The Morgan fingerprint density at radius 2 is 1.93 bits per heavy atom. The van der Waals surface area contributed by atoms with Gasteiger partial charge in [-0.15, -0.1) is 0 Å². The highest BCUT2D eigenvalue weighted by atomic mass is 16.5. The molecular weight excluding hydrogens is 362 g/mol. The average molecular weight is 393 g/mol. The first-order valence-electron chi connectivity index (χ1n) is 9.83. The summed E-state index contributed by atoms with van der Waals surface area (Å²) in [6, 6.07) is 2.81. The molecule has 0 atom stereocenters. The van der Waals surface area contributed by atoms with Crippen LogP contribution in [0, 0.1) is 5.92 Å². The van der Waals surface area contributed by atoms with Crippen LogP contribution in [-0.2, 0) is 11.8 Å². The number of carbonyl (C=O) groups is 2. The van der Waals surface area contributed by atoms with E-state index >= 15 is 0 Å². The van der Waals surface area contributed by atoms with Crippen molar-refractivity contribution in [3.63, 3.8) is 0 Å². The van der Waals surface area contributed by atoms with Crippen LogP contribution in [0.1, 0.15) is 37.2 Å². The first-order valence-corrected chi connectivity index (χ1v) is 9.83. The summed E-state index contributed by atoms with van der Waals surface area (Å²) >= 11 is 0. The number of nitrogens with zero attached hydrogens (tertiary/aromatic N) is 4. The first kappa shape index (κ1) is 21.9. The second-order valence-corrected chi connectivity index (χ2v) is 7.41. The Labute approximate surface area is 165 Å². The molecule has 0 unspecified atom stereocenters. The number of hydrogen-bond donors (Lipinski definition) is 1. The minimum Gasteiger partial charge on any atom is -0.448 e. The van der Waals surface area contributed by atoms with Crippen molar-refractivity contribution in [2.75, 3.05) is 45.9 Å². The van der Waals surface area contributed by atoms with Gasteiger partial charge >= 0.3 is 6.09 Å². The minimum atomic E-state index is -0.377. The maximum Gasteiger partial charge on any atom is 0.407 e. The number of rotatable bonds is 8. The van der Waals surface area contributed by atoms with E-state index in [2.05, 4.69) is 29.2 Å². The van der Waals surface area contributed by atoms with Crippen LogP contribution >= 0.6 is 0 Å². The number of nitrogens with one attached hydrogen (secondary N) is 1. The number of aryl methyl sites for hydroxylation is 1. The van der Waals surface area contributed by atoms with Gasteiger partial charge in [0, 0.05) is 52.4 Å². The van der Waals surface area contributed by atoms with E-state index in [0.717, 1.165) is 17.5 Å². The monoisotopic (exact) mass is 393 g/mol. The van der Waals surface area contributed by atoms with Gasteiger partial charge in [-0.2, -0.15) is 5.10 Å². The van der Waals surface area contributed by atoms with Crippen molar-refractivity contribution < 1.29 is 14.3 Å². The molecule has 2 heterocycles. The Morgan fingerprint density at radius 3 is 2.57 bits per heavy atom. The summed E-state index contributed by atoms with van der Waals surface area (Å²) in [5, 5.41) is 6.77. The number of piperazine rings is 1. The van der Waals surface area contributed by atoms with Crippen molar-refractivity contribution in [3.8, 4) is 0 Å². The van der Waals surface area contributed by atoms with Gasteiger partial charge in [0.1, 0.15) is 12.3 Å². The minimum absolute atomic E-state index is 0.174. The standard InChI is InChI=1S/C19H31N5O4/c1-15(2)5-4-8-20-19(27)28-14-13-23-9-11-24(12-10-23)18(26)16-6-7-17(25)22(3)21-16/h6-7,15H,4-5,8-14H2,1-3H3,(H,20,27). The summed E-state index contributed by atoms with van der Waals surface area (Å²) in [7, 11) is 1.53. The third-order valence-corrected chi connectivity index (χ3v) is 4.71. The van der Waals surface area contributed by atoms with E-state index in [0.29, 0.717) is 51.8 Å². The summed E-state index contributed by atoms with van der Waals surface area (Å²) in [6.45, 7) is 8.47. The molecule has 2 rings (SSSR count). The molecule has 0 aliphatic carbocycles. The molecule has 0 spiro atoms. The van der Waals surface area contributed by atoms with Crippen LogP contribution in [-0.4, -0.2) is 77.5 Å². The molecule has 1 saturated heterocycles. The molecule has 0 saturated carbocycles. The molecule has 1 fully saturated rings. The first-order chi connectivity index (χ1) is 13.4. The fourth-order valence-electron chi connectivity index (χ4n) is 2.97. The van der Waals surface area contributed by atoms with E-state index in [1.165, 1.54) is 19.2 Å². The van der Waals surface area contributed by atoms with Gasteiger partial charge in [-0.3, -0.25) is 14.5 Å². The van der Waals surface area contributed by atoms with Crippen LogP contribution in [0.4, 0.5) is 4.79 Å². The fourth-order valence-corrected chi connectivity index (χ4v) is 2.97. The SMILES string of the molecule is CC(C)CCCNC(=O)OCCN1CCN(C(=O)c2ccc(=O)n(C)n2)CC1. The third-order valence-electron chi connectivity index (χ3n) is 4.71. The number of alkyl carbamates (subject to hydrolysis) is 1. The number of ether oxygens (including phenoxy) is 1. The van der Waals surface area contributed by atoms with E-state index in [-0.39, 0.29) is 23.3 Å². The van der Waals surface area contributed by atoms with Gasteiger partial charge in [0.05, 0.1) is 0 Å². The van der Waals surface area contributed by atoms with Gasteiger partial charge in [0.25, 0.3) is 11.5 Å². The van der Waals surface area contributed by atoms with E-state index < -0.39 is 0 Å². The molecule has 0 aromatic carbocycles. The molecule has 1 aromatic heterocycles. The summed E-state index contributed by atoms with van der Waals surface area (Å²) < 4.78 is 6.37. The fraction of sp³-hybridized carbons (Fsp3) is 0.684. The van der Waals surface area contributed by atoms with Gasteiger partial charge in [-0.25, -0.2) is 9.48 Å². The van der Waals surface area contributed by atoms with Crippen LogP contribution in [0.5, 0.6) is 0 Å². The Balaban J connectivity index is 1.64. The quantitative estimate of drug-likeness (QED) is 0.653. The van der Waals surface area contributed by atoms with E-state index in [4.69, 9.17) is 4.74 Å². The normalized spacial score (nSPS) is 14.9. The highest BCUT2D eigenvalue weighted by Gasteiger charge is 2.23. The van der Waals surface area contributed by atoms with Gasteiger partial charge in [0.2, 0.25) is 0 Å². The lowest BCUT2D eigenvalue weighted by Crippen LogP contribution is -2.49. The van der Waals surface area contributed by atoms with Crippen molar-refractivity contribution in [2.45, 2.75) is 26.7 Å². The van der Waals surface area contributed by atoms with E-state index in [1.807, 2.05) is 0 Å². The zero-order valence-electron chi connectivity index (χ0n) is 17.0. The van der Waals surface area contributed by atoms with Crippen molar-refractivity contribution in [2.24, 2.45) is 13.0 Å². The largest absolute Gasteiger partial charge is 0.448 e. The number of aromatic nitrogens is 2. The Morgan fingerprint density at radius 1 is 1.21 bits per heavy atom. The predicted molar refractivity (Wildman–Crippen MR) is 105 cm³/mol. The van der Waals surface area contributed by atoms with Crippen molar-refractivity contribution in [1.29, 1.82) is 0 Å². The molecular formula is C19H31N5O4. The Hall–Kier alpha value is -2.42. The van der Waals surface area contributed by atoms with E-state index in [9.17, 15) is 14.4 Å². The molecule has 0 radical (unpaired) electrons. The summed E-state index contributed by atoms with van der Waals surface area (Å²) in [5.74, 6) is 0.459. The summed E-state index contributed by atoms with van der Waals surface area (Å²) in [4.78, 5) is 39.4. The molecule has 1 aliphatic rings. The topological polar surface area (TPSA) is 96.8 Å². The van der Waals surface area contributed by atoms with Gasteiger partial charge in [-0.1, -0.05) is 13.8 Å². The molecule has 2 amide bonds. The highest BCUT2D eigenvalue weighted by Crippen LogP contribution is 2.06. The number of carbonyl (C=O) groups excluding carboxylic acids is 2. The van der Waals surface area contributed by atoms with Crippen LogP contribution in [0.3, 0.4) is 0 Å². The smallest absolute Gasteiger partial charge is 0.407 e. The Kier molecular flexibility index (Phi) is 8.43. The van der Waals surface area contributed by atoms with Crippen LogP contribution in [0.15, 0.2) is 16.9 Å². The molecule has 1 aliphatic heterocycles. The maximum absolute atomic E-state index is 12.5. The molecule has 156 valence electrons. The lowest BCUT2D eigenvalue weighted by Gasteiger charge is -2.34. The predicted octanol–water partition coefficient (Wildman–Crippen LogP) is 0.701. The van der Waals surface area contributed by atoms with Crippen molar-refractivity contribution in [1.82, 2.24) is 24.9 Å². The Bertz CT molecular complexity index is 711. The average Bonchev–Trinajstić information content (AvgIpc) is 2.67. The van der Waals surface area contributed by atoms with E-state index in [1.54, 1.807) is 4.90 Å². The summed E-state index contributed by atoms with van der Waals surface area (Å²) in [6.07, 6.45) is 1.66. The van der Waals surface area contributed by atoms with Gasteiger partial charge < -0.3 is 15.0 Å². The second kappa shape index (κ2) is 10.8. The molecule has 1 aromatic rings. The second-order valence-electron chi connectivity index (χ2n) is 7.41. The van der Waals surface area contributed by atoms with Gasteiger partial charge in [-0.05, 0) is 24.8 Å². The number of hydrogen-bond acceptors (Lipinski definition) is 6. The van der Waals surface area contributed by atoms with Crippen molar-refractivity contribution in [3.05, 3.63) is 28.2 Å². The lowest BCUT2D eigenvalue weighted by molar-refractivity contribution is 0.0593. The molecule has 28 heavy (non-hydrogen) atoms. The summed E-state index contributed by atoms with van der Waals surface area (Å²) in [5.41, 5.74) is 0.0262. The van der Waals surface area contributed by atoms with Crippen molar-refractivity contribution >= 4 is 12.0 Å². The molecule has 1 N–H and O–H groups in total. The third kappa shape index (κ3) is 6.95.